The highest BCUT2D eigenvalue weighted by Gasteiger charge is 2.47. The molecule has 0 spiro atoms. The zero-order valence-corrected chi connectivity index (χ0v) is 16.3. The second-order valence-electron chi connectivity index (χ2n) is 6.64. The molecule has 0 aliphatic carbocycles. The normalized spacial score (nSPS) is 26.2. The molecule has 1 aromatic carbocycles. The van der Waals surface area contributed by atoms with Gasteiger partial charge in [0.2, 0.25) is 11.8 Å². The molecular formula is C19H22N4O5S. The standard InChI is InChI=1S/C19H22N4O5S/c20-19-21-16-15(17(22-19)27-8-4-7-11-5-2-1-3-6-11)29-10-23(16)18-14(26)13(25)12(9-24)28-18/h1-7,12-14,18,24-26H,8-10H2,(H2,20,21,22)/t12-,13-,14-,18-/m1/s1. The minimum absolute atomic E-state index is 0.0324. The monoisotopic (exact) mass is 418 g/mol. The molecular weight excluding hydrogens is 396 g/mol. The minimum Gasteiger partial charge on any atom is -0.472 e. The lowest BCUT2D eigenvalue weighted by Gasteiger charge is -2.27. The maximum Gasteiger partial charge on any atom is 0.234 e. The molecule has 9 nitrogen and oxygen atoms in total. The first-order valence-corrected chi connectivity index (χ1v) is 10.1. The third-order valence-electron chi connectivity index (χ3n) is 4.70. The lowest BCUT2D eigenvalue weighted by molar-refractivity contribution is -0.0216. The number of aromatic nitrogens is 2. The van der Waals surface area contributed by atoms with Crippen LogP contribution in [0.3, 0.4) is 0 Å². The predicted molar refractivity (Wildman–Crippen MR) is 108 cm³/mol. The van der Waals surface area contributed by atoms with Crippen molar-refractivity contribution >= 4 is 29.6 Å². The van der Waals surface area contributed by atoms with Crippen molar-refractivity contribution < 1.29 is 24.8 Å². The summed E-state index contributed by atoms with van der Waals surface area (Å²) in [4.78, 5) is 10.8. The summed E-state index contributed by atoms with van der Waals surface area (Å²) in [6.45, 7) is -0.0945. The summed E-state index contributed by atoms with van der Waals surface area (Å²) in [5.74, 6) is 1.27. The van der Waals surface area contributed by atoms with Gasteiger partial charge in [-0.05, 0) is 11.6 Å². The summed E-state index contributed by atoms with van der Waals surface area (Å²) in [6.07, 6.45) is -0.254. The Labute approximate surface area is 171 Å². The number of aliphatic hydroxyl groups excluding tert-OH is 3. The molecule has 0 amide bonds. The molecule has 29 heavy (non-hydrogen) atoms. The molecule has 3 heterocycles. The van der Waals surface area contributed by atoms with E-state index in [1.165, 1.54) is 11.8 Å². The van der Waals surface area contributed by atoms with Gasteiger partial charge in [-0.3, -0.25) is 0 Å². The van der Waals surface area contributed by atoms with Crippen LogP contribution in [0.1, 0.15) is 5.56 Å². The summed E-state index contributed by atoms with van der Waals surface area (Å²) in [5, 5.41) is 29.6. The Morgan fingerprint density at radius 2 is 2.03 bits per heavy atom. The number of aliphatic hydroxyl groups is 3. The molecule has 0 radical (unpaired) electrons. The van der Waals surface area contributed by atoms with Crippen LogP contribution in [0.25, 0.3) is 6.08 Å². The first-order chi connectivity index (χ1) is 14.1. The van der Waals surface area contributed by atoms with Gasteiger partial charge in [0.25, 0.3) is 0 Å². The van der Waals surface area contributed by atoms with E-state index < -0.39 is 31.1 Å². The van der Waals surface area contributed by atoms with Gasteiger partial charge in [0, 0.05) is 0 Å². The zero-order chi connectivity index (χ0) is 20.4. The van der Waals surface area contributed by atoms with Crippen molar-refractivity contribution in [2.24, 2.45) is 0 Å². The molecule has 5 N–H and O–H groups in total. The van der Waals surface area contributed by atoms with Crippen LogP contribution in [0.2, 0.25) is 0 Å². The van der Waals surface area contributed by atoms with Crippen LogP contribution >= 0.6 is 11.8 Å². The van der Waals surface area contributed by atoms with Gasteiger partial charge in [-0.25, -0.2) is 0 Å². The highest BCUT2D eigenvalue weighted by Crippen LogP contribution is 2.45. The third-order valence-corrected chi connectivity index (χ3v) is 5.76. The van der Waals surface area contributed by atoms with Crippen LogP contribution in [-0.2, 0) is 4.74 Å². The fourth-order valence-electron chi connectivity index (χ4n) is 3.26. The Morgan fingerprint density at radius 1 is 1.24 bits per heavy atom. The predicted octanol–water partition coefficient (Wildman–Crippen LogP) is 0.460. The van der Waals surface area contributed by atoms with E-state index in [1.54, 1.807) is 4.90 Å². The van der Waals surface area contributed by atoms with E-state index in [0.717, 1.165) is 5.56 Å². The van der Waals surface area contributed by atoms with Gasteiger partial charge in [-0.15, -0.1) is 0 Å². The topological polar surface area (TPSA) is 134 Å². The maximum atomic E-state index is 10.3. The Bertz CT molecular complexity index is 884. The second-order valence-corrected chi connectivity index (χ2v) is 7.59. The molecule has 1 fully saturated rings. The zero-order valence-electron chi connectivity index (χ0n) is 15.5. The molecule has 0 unspecified atom stereocenters. The Kier molecular flexibility index (Phi) is 5.88. The van der Waals surface area contributed by atoms with Gasteiger partial charge in [-0.2, -0.15) is 9.97 Å². The van der Waals surface area contributed by atoms with Gasteiger partial charge in [0.1, 0.15) is 29.8 Å². The highest BCUT2D eigenvalue weighted by molar-refractivity contribution is 8.00. The largest absolute Gasteiger partial charge is 0.472 e. The fourth-order valence-corrected chi connectivity index (χ4v) is 4.31. The summed E-state index contributed by atoms with van der Waals surface area (Å²) in [7, 11) is 0. The van der Waals surface area contributed by atoms with Gasteiger partial charge in [0.05, 0.1) is 12.5 Å². The van der Waals surface area contributed by atoms with E-state index in [0.29, 0.717) is 29.1 Å². The molecule has 2 aliphatic heterocycles. The van der Waals surface area contributed by atoms with Crippen LogP contribution in [0, 0.1) is 0 Å². The van der Waals surface area contributed by atoms with E-state index in [2.05, 4.69) is 9.97 Å². The minimum atomic E-state index is -1.19. The molecule has 2 aromatic rings. The van der Waals surface area contributed by atoms with E-state index in [9.17, 15) is 15.3 Å². The number of nitrogens with zero attached hydrogens (tertiary/aromatic N) is 3. The second kappa shape index (κ2) is 8.56. The molecule has 1 aromatic heterocycles. The number of nitrogen functional groups attached to an aromatic ring is 1. The quantitative estimate of drug-likeness (QED) is 0.524. The molecule has 10 heteroatoms. The molecule has 2 aliphatic rings. The number of hydrogen-bond donors (Lipinski definition) is 4. The van der Waals surface area contributed by atoms with E-state index >= 15 is 0 Å². The van der Waals surface area contributed by atoms with E-state index in [4.69, 9.17) is 15.2 Å². The number of anilines is 2. The lowest BCUT2D eigenvalue weighted by Crippen LogP contribution is -2.43. The number of nitrogens with two attached hydrogens (primary N) is 1. The van der Waals surface area contributed by atoms with Crippen LogP contribution in [0.4, 0.5) is 11.8 Å². The van der Waals surface area contributed by atoms with Crippen molar-refractivity contribution in [1.29, 1.82) is 0 Å². The highest BCUT2D eigenvalue weighted by atomic mass is 32.2. The van der Waals surface area contributed by atoms with E-state index in [-0.39, 0.29) is 5.95 Å². The van der Waals surface area contributed by atoms with E-state index in [1.807, 2.05) is 42.5 Å². The van der Waals surface area contributed by atoms with Crippen molar-refractivity contribution in [3.8, 4) is 5.88 Å². The van der Waals surface area contributed by atoms with Gasteiger partial charge >= 0.3 is 0 Å². The Morgan fingerprint density at radius 3 is 2.76 bits per heavy atom. The number of hydrogen-bond acceptors (Lipinski definition) is 10. The maximum absolute atomic E-state index is 10.3. The number of benzene rings is 1. The summed E-state index contributed by atoms with van der Waals surface area (Å²) in [5.41, 5.74) is 6.92. The first-order valence-electron chi connectivity index (χ1n) is 9.12. The molecule has 154 valence electrons. The molecule has 0 saturated carbocycles. The van der Waals surface area contributed by atoms with Crippen molar-refractivity contribution in [2.75, 3.05) is 29.7 Å². The number of fused-ring (bicyclic) bond motifs is 1. The number of ether oxygens (including phenoxy) is 2. The fraction of sp³-hybridized carbons (Fsp3) is 0.368. The SMILES string of the molecule is Nc1nc(OCC=Cc2ccccc2)c2c(n1)N([C@@H]1O[C@H](CO)[C@@H](O)[C@H]1O)CS2. The summed E-state index contributed by atoms with van der Waals surface area (Å²) < 4.78 is 11.4. The molecule has 4 atom stereocenters. The molecule has 4 rings (SSSR count). The smallest absolute Gasteiger partial charge is 0.234 e. The van der Waals surface area contributed by atoms with Crippen LogP contribution < -0.4 is 15.4 Å². The molecule has 0 bridgehead atoms. The van der Waals surface area contributed by atoms with Crippen LogP contribution in [-0.4, -0.2) is 68.9 Å². The number of thioether (sulfide) groups is 1. The Hall–Kier alpha value is -2.37. The van der Waals surface area contributed by atoms with Crippen molar-refractivity contribution in [3.05, 3.63) is 42.0 Å². The first kappa shape index (κ1) is 19.9. The molecule has 1 saturated heterocycles. The van der Waals surface area contributed by atoms with Gasteiger partial charge in [-0.1, -0.05) is 48.2 Å². The van der Waals surface area contributed by atoms with Crippen molar-refractivity contribution in [3.63, 3.8) is 0 Å². The van der Waals surface area contributed by atoms with Crippen LogP contribution in [0.15, 0.2) is 41.3 Å². The Balaban J connectivity index is 1.49. The number of rotatable bonds is 6. The average Bonchev–Trinajstić information content (AvgIpc) is 3.27. The average molecular weight is 418 g/mol. The van der Waals surface area contributed by atoms with Gasteiger partial charge < -0.3 is 35.4 Å². The lowest BCUT2D eigenvalue weighted by atomic mass is 10.1. The third kappa shape index (κ3) is 4.02. The van der Waals surface area contributed by atoms with Crippen LogP contribution in [0.5, 0.6) is 5.88 Å². The van der Waals surface area contributed by atoms with Crippen molar-refractivity contribution in [1.82, 2.24) is 9.97 Å². The summed E-state index contributed by atoms with van der Waals surface area (Å²) in [6, 6.07) is 9.86. The van der Waals surface area contributed by atoms with Crippen molar-refractivity contribution in [2.45, 2.75) is 29.4 Å². The summed E-state index contributed by atoms with van der Waals surface area (Å²) >= 11 is 1.43. The van der Waals surface area contributed by atoms with Gasteiger partial charge in [0.15, 0.2) is 12.0 Å².